The third-order valence-electron chi connectivity index (χ3n) is 10.7. The predicted molar refractivity (Wildman–Crippen MR) is 192 cm³/mol. The van der Waals surface area contributed by atoms with E-state index < -0.39 is 8.07 Å². The molecule has 0 unspecified atom stereocenters. The monoisotopic (exact) mass is 796 g/mol. The molecule has 272 valence electrons. The fraction of sp³-hybridized carbons (Fsp3) is 0.410. The largest absolute Gasteiger partial charge is 4.00 e. The van der Waals surface area contributed by atoms with E-state index in [1.165, 1.54) is 27.4 Å². The SMILES string of the molecule is COc1cc([Si](c2cc(OC)c(C)c(C)c2OC)(c2cc(OC)c(C)c(C)c2OC)[c-]2c(C)c(C)c(C)c2C)c(OC)c(C)c1C.[Cl-].[Cl-].[Cl-].[Ti+4]. The van der Waals surface area contributed by atoms with Gasteiger partial charge >= 0.3 is 21.7 Å². The molecule has 6 nitrogen and oxygen atoms in total. The molecule has 0 amide bonds. The van der Waals surface area contributed by atoms with Gasteiger partial charge in [-0.05, 0) is 109 Å². The van der Waals surface area contributed by atoms with Gasteiger partial charge in [0.1, 0.15) is 42.6 Å². The fourth-order valence-corrected chi connectivity index (χ4v) is 13.6. The number of benzene rings is 3. The molecule has 50 heavy (non-hydrogen) atoms. The van der Waals surface area contributed by atoms with E-state index in [0.29, 0.717) is 0 Å². The van der Waals surface area contributed by atoms with Crippen molar-refractivity contribution in [2.24, 2.45) is 0 Å². The number of hydrogen-bond acceptors (Lipinski definition) is 6. The topological polar surface area (TPSA) is 55.4 Å². The van der Waals surface area contributed by atoms with Crippen LogP contribution >= 0.6 is 0 Å². The molecular formula is C39H51Cl3O6SiTi. The Morgan fingerprint density at radius 1 is 0.380 bits per heavy atom. The molecule has 11 heteroatoms. The van der Waals surface area contributed by atoms with Gasteiger partial charge in [-0.15, -0.1) is 5.19 Å². The first-order valence-electron chi connectivity index (χ1n) is 15.7. The van der Waals surface area contributed by atoms with Crippen LogP contribution in [-0.4, -0.2) is 50.7 Å². The van der Waals surface area contributed by atoms with Gasteiger partial charge in [0.25, 0.3) is 0 Å². The smallest absolute Gasteiger partial charge is 1.00 e. The Bertz CT molecular complexity index is 1650. The zero-order chi connectivity index (χ0) is 34.4. The zero-order valence-corrected chi connectivity index (χ0v) is 37.1. The summed E-state index contributed by atoms with van der Waals surface area (Å²) >= 11 is 0. The Balaban J connectivity index is 0.00000600. The molecule has 0 aliphatic rings. The van der Waals surface area contributed by atoms with E-state index in [1.807, 2.05) is 0 Å². The van der Waals surface area contributed by atoms with Crippen LogP contribution in [0.15, 0.2) is 18.2 Å². The van der Waals surface area contributed by atoms with Crippen LogP contribution in [0.1, 0.15) is 55.6 Å². The van der Waals surface area contributed by atoms with Crippen molar-refractivity contribution < 1.29 is 87.4 Å². The summed E-state index contributed by atoms with van der Waals surface area (Å²) in [6.45, 7) is 21.5. The third kappa shape index (κ3) is 7.03. The van der Waals surface area contributed by atoms with E-state index in [0.717, 1.165) is 83.4 Å². The first-order valence-corrected chi connectivity index (χ1v) is 17.7. The molecule has 0 spiro atoms. The summed E-state index contributed by atoms with van der Waals surface area (Å²) in [4.78, 5) is 0. The molecule has 4 rings (SSSR count). The minimum absolute atomic E-state index is 0. The van der Waals surface area contributed by atoms with Gasteiger partial charge in [-0.25, -0.2) is 0 Å². The first kappa shape index (κ1) is 47.6. The van der Waals surface area contributed by atoms with E-state index in [1.54, 1.807) is 42.7 Å². The molecule has 0 aliphatic carbocycles. The van der Waals surface area contributed by atoms with Crippen molar-refractivity contribution in [3.05, 3.63) is 73.8 Å². The third-order valence-corrected chi connectivity index (χ3v) is 15.7. The Kier molecular flexibility index (Phi) is 17.5. The molecule has 0 saturated heterocycles. The average molecular weight is 798 g/mol. The van der Waals surface area contributed by atoms with Gasteiger partial charge in [0, 0.05) is 0 Å². The van der Waals surface area contributed by atoms with Crippen molar-refractivity contribution in [2.75, 3.05) is 42.7 Å². The second-order valence-corrected chi connectivity index (χ2v) is 16.0. The summed E-state index contributed by atoms with van der Waals surface area (Å²) in [6.07, 6.45) is 0. The van der Waals surface area contributed by atoms with Gasteiger partial charge in [-0.1, -0.05) is 27.7 Å². The van der Waals surface area contributed by atoms with E-state index in [-0.39, 0.29) is 58.9 Å². The van der Waals surface area contributed by atoms with E-state index in [2.05, 4.69) is 87.4 Å². The average Bonchev–Trinajstić information content (AvgIpc) is 3.24. The molecular weight excluding hydrogens is 747 g/mol. The first-order chi connectivity index (χ1) is 21.7. The standard InChI is InChI=1S/C39H51O6Si.3ClH.Ti/c1-20-21(2)29(10)39(28(20)9)46(33-17-30(40-11)22(3)25(6)36(33)43-14,34-18-31(41-12)23(4)26(7)37(34)44-15)35-19-32(42-13)24(5)27(8)38(35)45-16;;;;/h17-19H,1-16H3;3*1H;/q-1;;;;+4/p-3. The van der Waals surface area contributed by atoms with Gasteiger partial charge in [0.15, 0.2) is 0 Å². The van der Waals surface area contributed by atoms with Crippen LogP contribution in [0, 0.1) is 69.2 Å². The van der Waals surface area contributed by atoms with Crippen LogP contribution in [0.2, 0.25) is 0 Å². The Morgan fingerprint density at radius 2 is 0.620 bits per heavy atom. The van der Waals surface area contributed by atoms with Crippen molar-refractivity contribution in [2.45, 2.75) is 69.2 Å². The van der Waals surface area contributed by atoms with Gasteiger partial charge in [-0.2, -0.15) is 22.3 Å². The van der Waals surface area contributed by atoms with Crippen molar-refractivity contribution in [1.82, 2.24) is 0 Å². The van der Waals surface area contributed by atoms with Gasteiger partial charge in [0.05, 0.1) is 42.7 Å². The number of halogens is 3. The zero-order valence-electron chi connectivity index (χ0n) is 32.3. The molecule has 0 aliphatic heterocycles. The van der Waals surface area contributed by atoms with E-state index >= 15 is 0 Å². The molecule has 4 aromatic carbocycles. The Labute approximate surface area is 334 Å². The molecule has 0 N–H and O–H groups in total. The molecule has 4 aromatic rings. The number of rotatable bonds is 10. The summed E-state index contributed by atoms with van der Waals surface area (Å²) in [6, 6.07) is 6.56. The molecule has 0 bridgehead atoms. The van der Waals surface area contributed by atoms with Crippen molar-refractivity contribution in [3.8, 4) is 34.5 Å². The Morgan fingerprint density at radius 3 is 0.820 bits per heavy atom. The summed E-state index contributed by atoms with van der Waals surface area (Å²) in [5, 5.41) is 4.38. The summed E-state index contributed by atoms with van der Waals surface area (Å²) in [5.74, 6) is 4.84. The number of methoxy groups -OCH3 is 6. The van der Waals surface area contributed by atoms with Crippen molar-refractivity contribution in [3.63, 3.8) is 0 Å². The summed E-state index contributed by atoms with van der Waals surface area (Å²) < 4.78 is 37.6. The summed E-state index contributed by atoms with van der Waals surface area (Å²) in [7, 11) is 6.95. The number of ether oxygens (including phenoxy) is 6. The van der Waals surface area contributed by atoms with Gasteiger partial charge < -0.3 is 65.6 Å². The van der Waals surface area contributed by atoms with Crippen LogP contribution in [0.4, 0.5) is 0 Å². The van der Waals surface area contributed by atoms with Gasteiger partial charge in [-0.3, -0.25) is 0 Å². The molecule has 0 saturated carbocycles. The minimum Gasteiger partial charge on any atom is -1.00 e. The normalized spacial score (nSPS) is 10.6. The van der Waals surface area contributed by atoms with Crippen LogP contribution < -0.4 is 86.4 Å². The van der Waals surface area contributed by atoms with Crippen LogP contribution in [0.3, 0.4) is 0 Å². The maximum atomic E-state index is 6.45. The molecule has 0 atom stereocenters. The van der Waals surface area contributed by atoms with E-state index in [9.17, 15) is 0 Å². The maximum Gasteiger partial charge on any atom is 4.00 e. The molecule has 0 radical (unpaired) electrons. The predicted octanol–water partition coefficient (Wildman–Crippen LogP) is -3.07. The molecule has 0 fully saturated rings. The second kappa shape index (κ2) is 18.4. The van der Waals surface area contributed by atoms with Gasteiger partial charge in [0.2, 0.25) is 0 Å². The van der Waals surface area contributed by atoms with Crippen LogP contribution in [-0.2, 0) is 21.7 Å². The van der Waals surface area contributed by atoms with Crippen LogP contribution in [0.25, 0.3) is 0 Å². The molecule has 0 aromatic heterocycles. The maximum absolute atomic E-state index is 6.45. The van der Waals surface area contributed by atoms with Crippen molar-refractivity contribution in [1.29, 1.82) is 0 Å². The van der Waals surface area contributed by atoms with E-state index in [4.69, 9.17) is 28.4 Å². The quantitative estimate of drug-likeness (QED) is 0.0967. The fourth-order valence-electron chi connectivity index (χ4n) is 7.47. The van der Waals surface area contributed by atoms with Crippen molar-refractivity contribution >= 4 is 28.8 Å². The summed E-state index contributed by atoms with van der Waals surface area (Å²) in [5.41, 5.74) is 11.2. The second-order valence-electron chi connectivity index (χ2n) is 12.4. The number of hydrogen-bond donors (Lipinski definition) is 0. The minimum atomic E-state index is -3.52. The Hall–Kier alpha value is -2.39. The molecule has 0 heterocycles. The van der Waals surface area contributed by atoms with Crippen LogP contribution in [0.5, 0.6) is 34.5 Å².